The SMILES string of the molecule is c1ccc2c(-c3cnc(N4CCCN(C5COC5)CC4)nc3)n[nH]c2c1. The Bertz CT molecular complexity index is 888. The fourth-order valence-corrected chi connectivity index (χ4v) is 3.73. The number of ether oxygens (including phenoxy) is 1. The van der Waals surface area contributed by atoms with Crippen LogP contribution in [0.3, 0.4) is 0 Å². The Hall–Kier alpha value is -2.51. The van der Waals surface area contributed by atoms with Gasteiger partial charge < -0.3 is 9.64 Å². The third kappa shape index (κ3) is 2.83. The van der Waals surface area contributed by atoms with Gasteiger partial charge in [-0.05, 0) is 12.5 Å². The van der Waals surface area contributed by atoms with Crippen molar-refractivity contribution < 1.29 is 4.74 Å². The number of nitrogens with one attached hydrogen (secondary N) is 1. The zero-order valence-electron chi connectivity index (χ0n) is 14.6. The highest BCUT2D eigenvalue weighted by Gasteiger charge is 2.28. The van der Waals surface area contributed by atoms with Crippen LogP contribution in [0.25, 0.3) is 22.2 Å². The second kappa shape index (κ2) is 6.66. The Kier molecular flexibility index (Phi) is 4.03. The number of hydrogen-bond donors (Lipinski definition) is 1. The Labute approximate surface area is 152 Å². The van der Waals surface area contributed by atoms with Gasteiger partial charge in [-0.2, -0.15) is 5.10 Å². The first-order valence-electron chi connectivity index (χ1n) is 9.21. The van der Waals surface area contributed by atoms with Gasteiger partial charge in [-0.25, -0.2) is 9.97 Å². The molecule has 0 saturated carbocycles. The molecule has 3 aromatic rings. The molecule has 1 aromatic carbocycles. The van der Waals surface area contributed by atoms with E-state index in [0.717, 1.165) is 73.9 Å². The molecule has 134 valence electrons. The smallest absolute Gasteiger partial charge is 0.225 e. The summed E-state index contributed by atoms with van der Waals surface area (Å²) in [4.78, 5) is 14.1. The maximum absolute atomic E-state index is 5.33. The van der Waals surface area contributed by atoms with E-state index in [-0.39, 0.29) is 0 Å². The molecule has 2 aromatic heterocycles. The first-order chi connectivity index (χ1) is 12.9. The molecular weight excluding hydrogens is 328 g/mol. The molecule has 1 N–H and O–H groups in total. The van der Waals surface area contributed by atoms with Crippen molar-refractivity contribution in [1.82, 2.24) is 25.1 Å². The van der Waals surface area contributed by atoms with Crippen LogP contribution in [0.4, 0.5) is 5.95 Å². The average Bonchev–Trinajstić information content (AvgIpc) is 2.93. The van der Waals surface area contributed by atoms with Crippen LogP contribution in [0.15, 0.2) is 36.7 Å². The van der Waals surface area contributed by atoms with Gasteiger partial charge in [-0.1, -0.05) is 18.2 Å². The molecule has 2 aliphatic heterocycles. The molecule has 0 unspecified atom stereocenters. The van der Waals surface area contributed by atoms with Crippen LogP contribution in [-0.2, 0) is 4.74 Å². The monoisotopic (exact) mass is 350 g/mol. The molecular formula is C19H22N6O. The van der Waals surface area contributed by atoms with Crippen LogP contribution in [0.1, 0.15) is 6.42 Å². The number of aromatic amines is 1. The lowest BCUT2D eigenvalue weighted by Crippen LogP contribution is -2.50. The van der Waals surface area contributed by atoms with Crippen LogP contribution >= 0.6 is 0 Å². The van der Waals surface area contributed by atoms with Gasteiger partial charge in [0.1, 0.15) is 5.69 Å². The molecule has 0 radical (unpaired) electrons. The summed E-state index contributed by atoms with van der Waals surface area (Å²) in [6, 6.07) is 8.72. The molecule has 0 amide bonds. The minimum atomic E-state index is 0.603. The fourth-order valence-electron chi connectivity index (χ4n) is 3.73. The van der Waals surface area contributed by atoms with E-state index in [4.69, 9.17) is 4.74 Å². The highest BCUT2D eigenvalue weighted by atomic mass is 16.5. The van der Waals surface area contributed by atoms with Crippen molar-refractivity contribution in [2.45, 2.75) is 12.5 Å². The number of nitrogens with zero attached hydrogens (tertiary/aromatic N) is 5. The van der Waals surface area contributed by atoms with Gasteiger partial charge >= 0.3 is 0 Å². The molecule has 0 bridgehead atoms. The van der Waals surface area contributed by atoms with Gasteiger partial charge in [0.2, 0.25) is 5.95 Å². The third-order valence-corrected chi connectivity index (χ3v) is 5.33. The van der Waals surface area contributed by atoms with E-state index in [1.807, 2.05) is 30.6 Å². The molecule has 0 atom stereocenters. The van der Waals surface area contributed by atoms with Crippen molar-refractivity contribution in [2.24, 2.45) is 0 Å². The van der Waals surface area contributed by atoms with Crippen molar-refractivity contribution in [3.8, 4) is 11.3 Å². The topological polar surface area (TPSA) is 70.2 Å². The summed E-state index contributed by atoms with van der Waals surface area (Å²) in [5.41, 5.74) is 2.87. The van der Waals surface area contributed by atoms with Gasteiger partial charge in [0.15, 0.2) is 0 Å². The maximum atomic E-state index is 5.33. The summed E-state index contributed by atoms with van der Waals surface area (Å²) in [5, 5.41) is 8.59. The van der Waals surface area contributed by atoms with Gasteiger partial charge in [0, 0.05) is 49.5 Å². The Morgan fingerprint density at radius 2 is 1.85 bits per heavy atom. The minimum Gasteiger partial charge on any atom is -0.378 e. The lowest BCUT2D eigenvalue weighted by molar-refractivity contribution is -0.0625. The van der Waals surface area contributed by atoms with E-state index >= 15 is 0 Å². The number of benzene rings is 1. The summed E-state index contributed by atoms with van der Waals surface area (Å²) < 4.78 is 5.33. The molecule has 26 heavy (non-hydrogen) atoms. The summed E-state index contributed by atoms with van der Waals surface area (Å²) in [6.45, 7) is 5.88. The maximum Gasteiger partial charge on any atom is 0.225 e. The van der Waals surface area contributed by atoms with Gasteiger partial charge in [-0.3, -0.25) is 10.00 Å². The van der Waals surface area contributed by atoms with Gasteiger partial charge in [0.05, 0.1) is 24.8 Å². The molecule has 7 heteroatoms. The van der Waals surface area contributed by atoms with E-state index in [9.17, 15) is 0 Å². The van der Waals surface area contributed by atoms with Gasteiger partial charge in [-0.15, -0.1) is 0 Å². The zero-order chi connectivity index (χ0) is 17.3. The fraction of sp³-hybridized carbons (Fsp3) is 0.421. The Morgan fingerprint density at radius 1 is 1.00 bits per heavy atom. The lowest BCUT2D eigenvalue weighted by atomic mass is 10.1. The minimum absolute atomic E-state index is 0.603. The van der Waals surface area contributed by atoms with Crippen molar-refractivity contribution in [1.29, 1.82) is 0 Å². The summed E-state index contributed by atoms with van der Waals surface area (Å²) in [6.07, 6.45) is 4.90. The second-order valence-electron chi connectivity index (χ2n) is 6.96. The first-order valence-corrected chi connectivity index (χ1v) is 9.21. The second-order valence-corrected chi connectivity index (χ2v) is 6.96. The number of hydrogen-bond acceptors (Lipinski definition) is 6. The molecule has 2 saturated heterocycles. The molecule has 5 rings (SSSR count). The molecule has 2 aliphatic rings. The Balaban J connectivity index is 1.33. The van der Waals surface area contributed by atoms with Crippen LogP contribution in [0, 0.1) is 0 Å². The van der Waals surface area contributed by atoms with E-state index in [1.165, 1.54) is 0 Å². The summed E-state index contributed by atoms with van der Waals surface area (Å²) in [7, 11) is 0. The van der Waals surface area contributed by atoms with E-state index < -0.39 is 0 Å². The molecule has 0 aliphatic carbocycles. The molecule has 4 heterocycles. The van der Waals surface area contributed by atoms with Crippen LogP contribution in [-0.4, -0.2) is 70.5 Å². The van der Waals surface area contributed by atoms with Crippen LogP contribution in [0.5, 0.6) is 0 Å². The average molecular weight is 350 g/mol. The van der Waals surface area contributed by atoms with E-state index in [1.54, 1.807) is 0 Å². The van der Waals surface area contributed by atoms with Crippen LogP contribution < -0.4 is 4.90 Å². The summed E-state index contributed by atoms with van der Waals surface area (Å²) >= 11 is 0. The Morgan fingerprint density at radius 3 is 2.65 bits per heavy atom. The number of anilines is 1. The number of aromatic nitrogens is 4. The van der Waals surface area contributed by atoms with Crippen LogP contribution in [0.2, 0.25) is 0 Å². The number of fused-ring (bicyclic) bond motifs is 1. The lowest BCUT2D eigenvalue weighted by Gasteiger charge is -2.36. The van der Waals surface area contributed by atoms with Crippen molar-refractivity contribution in [3.05, 3.63) is 36.7 Å². The summed E-state index contributed by atoms with van der Waals surface area (Å²) in [5.74, 6) is 0.806. The largest absolute Gasteiger partial charge is 0.378 e. The van der Waals surface area contributed by atoms with Crippen molar-refractivity contribution in [3.63, 3.8) is 0 Å². The standard InChI is InChI=1S/C19H22N6O/c1-2-5-17-16(4-1)18(23-22-17)14-10-20-19(21-11-14)25-7-3-6-24(8-9-25)15-12-26-13-15/h1-2,4-5,10-11,15H,3,6-9,12-13H2,(H,22,23). The highest BCUT2D eigenvalue weighted by Crippen LogP contribution is 2.25. The molecule has 0 spiro atoms. The van der Waals surface area contributed by atoms with Crippen molar-refractivity contribution >= 4 is 16.9 Å². The normalized spacial score (nSPS) is 19.5. The third-order valence-electron chi connectivity index (χ3n) is 5.33. The number of rotatable bonds is 3. The van der Waals surface area contributed by atoms with Crippen molar-refractivity contribution in [2.75, 3.05) is 44.3 Å². The van der Waals surface area contributed by atoms with Gasteiger partial charge in [0.25, 0.3) is 0 Å². The predicted octanol–water partition coefficient (Wildman–Crippen LogP) is 1.93. The number of H-pyrrole nitrogens is 1. The highest BCUT2D eigenvalue weighted by molar-refractivity contribution is 5.92. The molecule has 2 fully saturated rings. The first kappa shape index (κ1) is 15.7. The van der Waals surface area contributed by atoms with E-state index in [0.29, 0.717) is 6.04 Å². The zero-order valence-corrected chi connectivity index (χ0v) is 14.6. The quantitative estimate of drug-likeness (QED) is 0.778. The number of para-hydroxylation sites is 1. The molecule has 7 nitrogen and oxygen atoms in total. The predicted molar refractivity (Wildman–Crippen MR) is 100 cm³/mol. The van der Waals surface area contributed by atoms with E-state index in [2.05, 4.69) is 36.0 Å².